The molecule has 0 radical (unpaired) electrons. The van der Waals surface area contributed by atoms with Gasteiger partial charge < -0.3 is 10.5 Å². The van der Waals surface area contributed by atoms with Crippen molar-refractivity contribution in [3.63, 3.8) is 0 Å². The summed E-state index contributed by atoms with van der Waals surface area (Å²) in [5, 5.41) is 6.26. The van der Waals surface area contributed by atoms with E-state index in [4.69, 9.17) is 14.8 Å². The second kappa shape index (κ2) is 5.92. The molecule has 0 atom stereocenters. The topological polar surface area (TPSA) is 62.9 Å². The summed E-state index contributed by atoms with van der Waals surface area (Å²) in [6.07, 6.45) is 0. The lowest BCUT2D eigenvalue weighted by Crippen LogP contribution is -1.93. The Hall–Kier alpha value is -1.47. The minimum Gasteiger partial charge on any atom is -0.495 e. The van der Waals surface area contributed by atoms with Crippen LogP contribution in [-0.2, 0) is 14.3 Å². The van der Waals surface area contributed by atoms with E-state index in [1.165, 1.54) is 7.11 Å². The van der Waals surface area contributed by atoms with Crippen LogP contribution >= 0.6 is 12.0 Å². The summed E-state index contributed by atoms with van der Waals surface area (Å²) in [6.45, 7) is 0. The Bertz CT molecular complexity index is 547. The van der Waals surface area contributed by atoms with E-state index in [0.29, 0.717) is 11.4 Å². The van der Waals surface area contributed by atoms with Gasteiger partial charge in [0, 0.05) is 10.3 Å². The fourth-order valence-electron chi connectivity index (χ4n) is 1.62. The zero-order valence-corrected chi connectivity index (χ0v) is 10.8. The molecule has 0 bridgehead atoms. The molecular weight excluding hydrogens is 254 g/mol. The fourth-order valence-corrected chi connectivity index (χ4v) is 2.08. The van der Waals surface area contributed by atoms with Crippen LogP contribution in [0.2, 0.25) is 0 Å². The van der Waals surface area contributed by atoms with E-state index in [1.54, 1.807) is 7.11 Å². The number of rotatable bonds is 5. The molecule has 2 aromatic rings. The van der Waals surface area contributed by atoms with Crippen molar-refractivity contribution >= 4 is 28.5 Å². The third kappa shape index (κ3) is 2.68. The summed E-state index contributed by atoms with van der Waals surface area (Å²) in [6, 6.07) is 9.49. The summed E-state index contributed by atoms with van der Waals surface area (Å²) < 4.78 is 9.90. The fraction of sp³-hybridized carbons (Fsp3) is 0.167. The van der Waals surface area contributed by atoms with E-state index in [9.17, 15) is 0 Å². The molecule has 0 spiro atoms. The largest absolute Gasteiger partial charge is 0.495 e. The van der Waals surface area contributed by atoms with Crippen molar-refractivity contribution in [3.05, 3.63) is 30.3 Å². The molecule has 0 amide bonds. The van der Waals surface area contributed by atoms with E-state index in [0.717, 1.165) is 27.7 Å². The molecule has 0 saturated carbocycles. The van der Waals surface area contributed by atoms with E-state index in [1.807, 2.05) is 30.3 Å². The Balaban J connectivity index is 2.29. The van der Waals surface area contributed by atoms with Crippen molar-refractivity contribution in [2.45, 2.75) is 4.90 Å². The maximum atomic E-state index is 5.99. The minimum absolute atomic E-state index is 0.626. The summed E-state index contributed by atoms with van der Waals surface area (Å²) in [5.74, 6) is 0.668. The number of hydrogen-bond donors (Lipinski definition) is 1. The lowest BCUT2D eigenvalue weighted by molar-refractivity contribution is -0.447. The van der Waals surface area contributed by atoms with Gasteiger partial charge in [-0.05, 0) is 23.6 Å². The van der Waals surface area contributed by atoms with Gasteiger partial charge in [-0.15, -0.1) is 4.33 Å². The van der Waals surface area contributed by atoms with Gasteiger partial charge in [-0.1, -0.05) is 17.2 Å². The van der Waals surface area contributed by atoms with Crippen LogP contribution < -0.4 is 10.5 Å². The molecule has 2 rings (SSSR count). The highest BCUT2D eigenvalue weighted by Gasteiger charge is 2.06. The molecule has 0 aromatic heterocycles. The highest BCUT2D eigenvalue weighted by atomic mass is 32.2. The molecule has 0 aliphatic heterocycles. The smallest absolute Gasteiger partial charge is 0.142 e. The van der Waals surface area contributed by atoms with Crippen LogP contribution in [0.5, 0.6) is 5.75 Å². The Morgan fingerprint density at radius 3 is 2.67 bits per heavy atom. The van der Waals surface area contributed by atoms with Gasteiger partial charge in [-0.2, -0.15) is 0 Å². The van der Waals surface area contributed by atoms with Gasteiger partial charge in [-0.3, -0.25) is 0 Å². The summed E-state index contributed by atoms with van der Waals surface area (Å²) in [4.78, 5) is 5.20. The minimum atomic E-state index is 0.626. The Kier molecular flexibility index (Phi) is 4.27. The Morgan fingerprint density at radius 2 is 1.94 bits per heavy atom. The number of hydrogen-bond acceptors (Lipinski definition) is 6. The number of methoxy groups -OCH3 is 1. The molecule has 0 saturated heterocycles. The number of fused-ring (bicyclic) bond motifs is 1. The summed E-state index contributed by atoms with van der Waals surface area (Å²) in [5.41, 5.74) is 6.62. The van der Waals surface area contributed by atoms with Crippen LogP contribution in [0.15, 0.2) is 35.2 Å². The van der Waals surface area contributed by atoms with Crippen LogP contribution in [0.4, 0.5) is 5.69 Å². The molecule has 2 aromatic carbocycles. The van der Waals surface area contributed by atoms with Crippen LogP contribution in [0.3, 0.4) is 0 Å². The van der Waals surface area contributed by atoms with E-state index in [-0.39, 0.29) is 0 Å². The molecule has 2 N–H and O–H groups in total. The van der Waals surface area contributed by atoms with Crippen LogP contribution in [-0.4, -0.2) is 14.2 Å². The maximum Gasteiger partial charge on any atom is 0.142 e. The van der Waals surface area contributed by atoms with Crippen LogP contribution in [0.1, 0.15) is 0 Å². The normalized spacial score (nSPS) is 10.8. The Morgan fingerprint density at radius 1 is 1.11 bits per heavy atom. The maximum absolute atomic E-state index is 5.99. The zero-order chi connectivity index (χ0) is 13.0. The zero-order valence-electron chi connectivity index (χ0n) is 10.0. The van der Waals surface area contributed by atoms with Crippen LogP contribution in [0.25, 0.3) is 10.8 Å². The number of benzene rings is 2. The number of nitrogens with two attached hydrogens (primary N) is 1. The van der Waals surface area contributed by atoms with Gasteiger partial charge in [0.25, 0.3) is 0 Å². The average Bonchev–Trinajstić information content (AvgIpc) is 2.39. The Labute approximate surface area is 109 Å². The number of anilines is 1. The van der Waals surface area contributed by atoms with Crippen molar-refractivity contribution in [2.75, 3.05) is 20.0 Å². The lowest BCUT2D eigenvalue weighted by atomic mass is 10.1. The molecule has 5 nitrogen and oxygen atoms in total. The second-order valence-corrected chi connectivity index (χ2v) is 4.22. The molecule has 0 heterocycles. The SMILES string of the molecule is COOOSc1ccc2c(N)c(OC)ccc2c1. The van der Waals surface area contributed by atoms with E-state index >= 15 is 0 Å². The first kappa shape index (κ1) is 13.0. The van der Waals surface area contributed by atoms with Gasteiger partial charge in [0.15, 0.2) is 0 Å². The molecule has 0 aliphatic carbocycles. The number of ether oxygens (including phenoxy) is 1. The van der Waals surface area contributed by atoms with Crippen molar-refractivity contribution < 1.29 is 19.0 Å². The average molecular weight is 267 g/mol. The molecule has 0 unspecified atom stereocenters. The quantitative estimate of drug-likeness (QED) is 0.295. The summed E-state index contributed by atoms with van der Waals surface area (Å²) in [7, 11) is 2.96. The van der Waals surface area contributed by atoms with E-state index in [2.05, 4.69) is 9.93 Å². The monoisotopic (exact) mass is 267 g/mol. The number of nitrogen functional groups attached to an aromatic ring is 1. The predicted molar refractivity (Wildman–Crippen MR) is 69.9 cm³/mol. The summed E-state index contributed by atoms with van der Waals surface area (Å²) >= 11 is 1.06. The van der Waals surface area contributed by atoms with Crippen molar-refractivity contribution in [1.82, 2.24) is 0 Å². The molecule has 18 heavy (non-hydrogen) atoms. The standard InChI is InChI=1S/C12H13NO4S/c1-14-11-6-3-8-7-9(18-17-16-15-2)4-5-10(8)12(11)13/h3-7H,13H2,1-2H3. The highest BCUT2D eigenvalue weighted by molar-refractivity contribution is 7.94. The van der Waals surface area contributed by atoms with E-state index < -0.39 is 0 Å². The third-order valence-corrected chi connectivity index (χ3v) is 3.01. The van der Waals surface area contributed by atoms with Crippen molar-refractivity contribution in [3.8, 4) is 5.75 Å². The van der Waals surface area contributed by atoms with Gasteiger partial charge in [0.2, 0.25) is 0 Å². The first-order valence-electron chi connectivity index (χ1n) is 5.16. The van der Waals surface area contributed by atoms with Crippen molar-refractivity contribution in [2.24, 2.45) is 0 Å². The highest BCUT2D eigenvalue weighted by Crippen LogP contribution is 2.33. The molecule has 96 valence electrons. The first-order chi connectivity index (χ1) is 8.76. The van der Waals surface area contributed by atoms with Gasteiger partial charge in [0.05, 0.1) is 31.9 Å². The van der Waals surface area contributed by atoms with Gasteiger partial charge in [-0.25, -0.2) is 4.89 Å². The first-order valence-corrected chi connectivity index (χ1v) is 5.90. The van der Waals surface area contributed by atoms with Gasteiger partial charge >= 0.3 is 0 Å². The predicted octanol–water partition coefficient (Wildman–Crippen LogP) is 2.95. The van der Waals surface area contributed by atoms with Gasteiger partial charge in [0.1, 0.15) is 5.75 Å². The molecule has 0 fully saturated rings. The lowest BCUT2D eigenvalue weighted by Gasteiger charge is -2.08. The van der Waals surface area contributed by atoms with Crippen molar-refractivity contribution in [1.29, 1.82) is 0 Å². The third-order valence-electron chi connectivity index (χ3n) is 2.44. The molecule has 6 heteroatoms. The molecular formula is C12H13NO4S. The molecule has 0 aliphatic rings. The second-order valence-electron chi connectivity index (χ2n) is 3.45. The van der Waals surface area contributed by atoms with Crippen LogP contribution in [0, 0.1) is 0 Å².